The number of unbranched alkanes of at least 4 members (excludes halogenated alkanes) is 1. The summed E-state index contributed by atoms with van der Waals surface area (Å²) in [6.45, 7) is 5.56. The Balaban J connectivity index is 1.91. The molecule has 2 heteroatoms. The average molecular weight is 227 g/mol. The number of hydrogen-bond donors (Lipinski definition) is 1. The standard InChI is InChI=1S/C14H29NO/c1-12-7-9-14(10-8-12)16-11-5-4-6-13(2)15-3/h12-15H,4-11H2,1-3H3. The van der Waals surface area contributed by atoms with E-state index in [1.54, 1.807) is 0 Å². The van der Waals surface area contributed by atoms with E-state index in [0.717, 1.165) is 12.5 Å². The Morgan fingerprint density at radius 1 is 1.19 bits per heavy atom. The van der Waals surface area contributed by atoms with Crippen LogP contribution >= 0.6 is 0 Å². The van der Waals surface area contributed by atoms with Crippen molar-refractivity contribution >= 4 is 0 Å². The molecule has 0 bridgehead atoms. The molecule has 0 spiro atoms. The second kappa shape index (κ2) is 8.08. The molecule has 0 saturated heterocycles. The fraction of sp³-hybridized carbons (Fsp3) is 1.00. The summed E-state index contributed by atoms with van der Waals surface area (Å²) in [4.78, 5) is 0. The van der Waals surface area contributed by atoms with Gasteiger partial charge in [0.25, 0.3) is 0 Å². The molecular formula is C14H29NO. The first-order valence-corrected chi connectivity index (χ1v) is 7.01. The van der Waals surface area contributed by atoms with Gasteiger partial charge in [-0.2, -0.15) is 0 Å². The zero-order valence-corrected chi connectivity index (χ0v) is 11.3. The lowest BCUT2D eigenvalue weighted by molar-refractivity contribution is 0.0177. The van der Waals surface area contributed by atoms with Gasteiger partial charge in [-0.05, 0) is 64.8 Å². The van der Waals surface area contributed by atoms with E-state index in [4.69, 9.17) is 4.74 Å². The van der Waals surface area contributed by atoms with Crippen molar-refractivity contribution in [2.75, 3.05) is 13.7 Å². The van der Waals surface area contributed by atoms with Gasteiger partial charge >= 0.3 is 0 Å². The van der Waals surface area contributed by atoms with Crippen LogP contribution in [0.1, 0.15) is 58.8 Å². The number of hydrogen-bond acceptors (Lipinski definition) is 2. The Labute approximate surface area is 101 Å². The lowest BCUT2D eigenvalue weighted by Crippen LogP contribution is -2.22. The fourth-order valence-electron chi connectivity index (χ4n) is 2.34. The van der Waals surface area contributed by atoms with Gasteiger partial charge in [0, 0.05) is 12.6 Å². The fourth-order valence-corrected chi connectivity index (χ4v) is 2.34. The summed E-state index contributed by atoms with van der Waals surface area (Å²) in [6, 6.07) is 0.649. The zero-order chi connectivity index (χ0) is 11.8. The van der Waals surface area contributed by atoms with E-state index in [9.17, 15) is 0 Å². The molecule has 1 rings (SSSR count). The normalized spacial score (nSPS) is 27.9. The van der Waals surface area contributed by atoms with E-state index < -0.39 is 0 Å². The van der Waals surface area contributed by atoms with Crippen molar-refractivity contribution in [1.82, 2.24) is 5.32 Å². The summed E-state index contributed by atoms with van der Waals surface area (Å²) in [5.41, 5.74) is 0. The largest absolute Gasteiger partial charge is 0.378 e. The van der Waals surface area contributed by atoms with E-state index in [-0.39, 0.29) is 0 Å². The lowest BCUT2D eigenvalue weighted by atomic mass is 9.89. The van der Waals surface area contributed by atoms with Gasteiger partial charge in [-0.1, -0.05) is 6.92 Å². The smallest absolute Gasteiger partial charge is 0.0575 e. The predicted molar refractivity (Wildman–Crippen MR) is 69.7 cm³/mol. The Kier molecular flexibility index (Phi) is 7.06. The van der Waals surface area contributed by atoms with Crippen LogP contribution in [0.15, 0.2) is 0 Å². The summed E-state index contributed by atoms with van der Waals surface area (Å²) in [6.07, 6.45) is 9.63. The summed E-state index contributed by atoms with van der Waals surface area (Å²) in [5, 5.41) is 3.27. The highest BCUT2D eigenvalue weighted by atomic mass is 16.5. The van der Waals surface area contributed by atoms with Crippen molar-refractivity contribution in [3.05, 3.63) is 0 Å². The van der Waals surface area contributed by atoms with Crippen molar-refractivity contribution in [1.29, 1.82) is 0 Å². The van der Waals surface area contributed by atoms with Crippen molar-refractivity contribution in [2.45, 2.75) is 70.9 Å². The van der Waals surface area contributed by atoms with Crippen LogP contribution < -0.4 is 5.32 Å². The van der Waals surface area contributed by atoms with E-state index in [1.807, 2.05) is 7.05 Å². The molecule has 0 heterocycles. The highest BCUT2D eigenvalue weighted by Crippen LogP contribution is 2.25. The second-order valence-electron chi connectivity index (χ2n) is 5.44. The van der Waals surface area contributed by atoms with Crippen molar-refractivity contribution in [3.63, 3.8) is 0 Å². The average Bonchev–Trinajstić information content (AvgIpc) is 2.31. The van der Waals surface area contributed by atoms with Crippen molar-refractivity contribution in [3.8, 4) is 0 Å². The summed E-state index contributed by atoms with van der Waals surface area (Å²) < 4.78 is 5.93. The molecule has 1 aliphatic rings. The lowest BCUT2D eigenvalue weighted by Gasteiger charge is -2.26. The van der Waals surface area contributed by atoms with Gasteiger partial charge in [0.1, 0.15) is 0 Å². The molecule has 1 aliphatic carbocycles. The molecule has 1 atom stereocenters. The SMILES string of the molecule is CNC(C)CCCCOC1CCC(C)CC1. The van der Waals surface area contributed by atoms with Crippen LogP contribution in [0.3, 0.4) is 0 Å². The molecule has 2 nitrogen and oxygen atoms in total. The van der Waals surface area contributed by atoms with Gasteiger partial charge < -0.3 is 10.1 Å². The Bertz CT molecular complexity index is 164. The van der Waals surface area contributed by atoms with Crippen LogP contribution in [0.2, 0.25) is 0 Å². The van der Waals surface area contributed by atoms with Crippen LogP contribution in [0.25, 0.3) is 0 Å². The number of ether oxygens (including phenoxy) is 1. The summed E-state index contributed by atoms with van der Waals surface area (Å²) >= 11 is 0. The third-order valence-electron chi connectivity index (χ3n) is 3.84. The maximum Gasteiger partial charge on any atom is 0.0575 e. The molecule has 0 aliphatic heterocycles. The summed E-state index contributed by atoms with van der Waals surface area (Å²) in [5.74, 6) is 0.927. The maximum atomic E-state index is 5.93. The minimum atomic E-state index is 0.568. The predicted octanol–water partition coefficient (Wildman–Crippen LogP) is 3.36. The minimum Gasteiger partial charge on any atom is -0.378 e. The Hall–Kier alpha value is -0.0800. The van der Waals surface area contributed by atoms with Crippen LogP contribution in [0.4, 0.5) is 0 Å². The van der Waals surface area contributed by atoms with Crippen molar-refractivity contribution < 1.29 is 4.74 Å². The van der Waals surface area contributed by atoms with Gasteiger partial charge in [-0.25, -0.2) is 0 Å². The van der Waals surface area contributed by atoms with Crippen LogP contribution in [0, 0.1) is 5.92 Å². The van der Waals surface area contributed by atoms with E-state index in [0.29, 0.717) is 12.1 Å². The quantitative estimate of drug-likeness (QED) is 0.673. The molecule has 0 aromatic rings. The minimum absolute atomic E-state index is 0.568. The first-order valence-electron chi connectivity index (χ1n) is 7.01. The zero-order valence-electron chi connectivity index (χ0n) is 11.3. The first-order chi connectivity index (χ1) is 7.72. The highest BCUT2D eigenvalue weighted by Gasteiger charge is 2.18. The van der Waals surface area contributed by atoms with Crippen LogP contribution in [0.5, 0.6) is 0 Å². The molecule has 1 N–H and O–H groups in total. The Morgan fingerprint density at radius 2 is 1.88 bits per heavy atom. The molecule has 0 aromatic heterocycles. The molecule has 0 aromatic carbocycles. The Morgan fingerprint density at radius 3 is 2.50 bits per heavy atom. The van der Waals surface area contributed by atoms with E-state index >= 15 is 0 Å². The van der Waals surface area contributed by atoms with Crippen LogP contribution in [-0.4, -0.2) is 25.8 Å². The molecule has 1 fully saturated rings. The summed E-state index contributed by atoms with van der Waals surface area (Å²) in [7, 11) is 2.03. The van der Waals surface area contributed by atoms with Gasteiger partial charge in [-0.15, -0.1) is 0 Å². The van der Waals surface area contributed by atoms with E-state index in [1.165, 1.54) is 44.9 Å². The van der Waals surface area contributed by atoms with Gasteiger partial charge in [-0.3, -0.25) is 0 Å². The third-order valence-corrected chi connectivity index (χ3v) is 3.84. The third kappa shape index (κ3) is 5.86. The van der Waals surface area contributed by atoms with Crippen molar-refractivity contribution in [2.24, 2.45) is 5.92 Å². The van der Waals surface area contributed by atoms with Gasteiger partial charge in [0.2, 0.25) is 0 Å². The van der Waals surface area contributed by atoms with Gasteiger partial charge in [0.05, 0.1) is 6.10 Å². The van der Waals surface area contributed by atoms with Gasteiger partial charge in [0.15, 0.2) is 0 Å². The molecule has 0 radical (unpaired) electrons. The molecule has 96 valence electrons. The highest BCUT2D eigenvalue weighted by molar-refractivity contribution is 4.69. The number of rotatable bonds is 7. The molecule has 0 amide bonds. The number of nitrogens with one attached hydrogen (secondary N) is 1. The molecule has 1 unspecified atom stereocenters. The molecule has 16 heavy (non-hydrogen) atoms. The maximum absolute atomic E-state index is 5.93. The molecular weight excluding hydrogens is 198 g/mol. The monoisotopic (exact) mass is 227 g/mol. The molecule has 1 saturated carbocycles. The van der Waals surface area contributed by atoms with Crippen LogP contribution in [-0.2, 0) is 4.74 Å². The van der Waals surface area contributed by atoms with E-state index in [2.05, 4.69) is 19.2 Å². The second-order valence-corrected chi connectivity index (χ2v) is 5.44. The first kappa shape index (κ1) is 14.0. The topological polar surface area (TPSA) is 21.3 Å².